The lowest BCUT2D eigenvalue weighted by atomic mass is 10.0. The second kappa shape index (κ2) is 13.5. The van der Waals surface area contributed by atoms with Gasteiger partial charge in [-0.05, 0) is 39.3 Å². The van der Waals surface area contributed by atoms with E-state index in [1.807, 2.05) is 26.8 Å². The van der Waals surface area contributed by atoms with Gasteiger partial charge in [0.2, 0.25) is 11.8 Å². The van der Waals surface area contributed by atoms with Crippen molar-refractivity contribution < 1.29 is 38.1 Å². The largest absolute Gasteiger partial charge is 0.460 e. The number of anilines is 1. The summed E-state index contributed by atoms with van der Waals surface area (Å²) in [6.45, 7) is 8.71. The fraction of sp³-hybridized carbons (Fsp3) is 0.615. The summed E-state index contributed by atoms with van der Waals surface area (Å²) in [7, 11) is 0. The molecule has 2 aliphatic rings. The standard InChI is InChI=1S/C26H37N3O8/c1-26(2,3)37-23(31)9-11-34-13-15-36-16-14-35-12-10-27-20-6-4-5-18-19(20)17-29(25(18)33)21-7-8-22(30)28-24(21)32/h4-6,21,27H,7-17H2,1-3H3,(H,28,30,32). The number of hydrogen-bond acceptors (Lipinski definition) is 9. The SMILES string of the molecule is CC(C)(C)OC(=O)CCOCCOCCOCCNc1cccc2c1CN(C1CCC(=O)NC1=O)C2=O. The first-order valence-electron chi connectivity index (χ1n) is 12.6. The molecule has 11 nitrogen and oxygen atoms in total. The smallest absolute Gasteiger partial charge is 0.308 e. The minimum Gasteiger partial charge on any atom is -0.460 e. The molecule has 1 atom stereocenters. The molecule has 0 bridgehead atoms. The monoisotopic (exact) mass is 519 g/mol. The topological polar surface area (TPSA) is 132 Å². The average Bonchev–Trinajstić information content (AvgIpc) is 3.15. The van der Waals surface area contributed by atoms with Crippen molar-refractivity contribution in [2.75, 3.05) is 51.5 Å². The Morgan fingerprint density at radius 2 is 1.70 bits per heavy atom. The third-order valence-electron chi connectivity index (χ3n) is 5.76. The highest BCUT2D eigenvalue weighted by Crippen LogP contribution is 2.32. The van der Waals surface area contributed by atoms with E-state index in [-0.39, 0.29) is 30.6 Å². The molecule has 3 rings (SSSR count). The number of ether oxygens (including phenoxy) is 4. The Balaban J connectivity index is 1.27. The summed E-state index contributed by atoms with van der Waals surface area (Å²) in [6.07, 6.45) is 0.770. The number of nitrogens with one attached hydrogen (secondary N) is 2. The minimum atomic E-state index is -0.635. The second-order valence-corrected chi connectivity index (χ2v) is 9.83. The summed E-state index contributed by atoms with van der Waals surface area (Å²) in [6, 6.07) is 4.82. The molecule has 1 aromatic carbocycles. The molecule has 2 aliphatic heterocycles. The first kappa shape index (κ1) is 28.5. The average molecular weight is 520 g/mol. The van der Waals surface area contributed by atoms with E-state index in [1.54, 1.807) is 12.1 Å². The van der Waals surface area contributed by atoms with Gasteiger partial charge in [0.1, 0.15) is 11.6 Å². The lowest BCUT2D eigenvalue weighted by Gasteiger charge is -2.29. The number of fused-ring (bicyclic) bond motifs is 1. The van der Waals surface area contributed by atoms with Crippen LogP contribution >= 0.6 is 0 Å². The highest BCUT2D eigenvalue weighted by atomic mass is 16.6. The fourth-order valence-corrected chi connectivity index (χ4v) is 4.10. The number of imide groups is 1. The highest BCUT2D eigenvalue weighted by molar-refractivity contribution is 6.06. The Bertz CT molecular complexity index is 975. The highest BCUT2D eigenvalue weighted by Gasteiger charge is 2.39. The van der Waals surface area contributed by atoms with Crippen LogP contribution in [0.25, 0.3) is 0 Å². The number of carbonyl (C=O) groups excluding carboxylic acids is 4. The maximum absolute atomic E-state index is 12.9. The van der Waals surface area contributed by atoms with Crippen LogP contribution in [0.5, 0.6) is 0 Å². The van der Waals surface area contributed by atoms with Gasteiger partial charge in [0.15, 0.2) is 0 Å². The summed E-state index contributed by atoms with van der Waals surface area (Å²) in [5.41, 5.74) is 1.74. The van der Waals surface area contributed by atoms with Gasteiger partial charge in [-0.2, -0.15) is 0 Å². The molecule has 37 heavy (non-hydrogen) atoms. The number of nitrogens with zero attached hydrogens (tertiary/aromatic N) is 1. The lowest BCUT2D eigenvalue weighted by Crippen LogP contribution is -2.52. The molecule has 3 amide bonds. The maximum atomic E-state index is 12.9. The normalized spacial score (nSPS) is 17.5. The molecular formula is C26H37N3O8. The minimum absolute atomic E-state index is 0.199. The molecular weight excluding hydrogens is 482 g/mol. The van der Waals surface area contributed by atoms with Crippen LogP contribution in [-0.2, 0) is 39.9 Å². The Morgan fingerprint density at radius 1 is 1.03 bits per heavy atom. The number of esters is 1. The van der Waals surface area contributed by atoms with E-state index >= 15 is 0 Å². The van der Waals surface area contributed by atoms with E-state index in [4.69, 9.17) is 18.9 Å². The van der Waals surface area contributed by atoms with Crippen molar-refractivity contribution in [3.8, 4) is 0 Å². The Morgan fingerprint density at radius 3 is 2.38 bits per heavy atom. The van der Waals surface area contributed by atoms with Crippen LogP contribution in [0.2, 0.25) is 0 Å². The number of benzene rings is 1. The van der Waals surface area contributed by atoms with Crippen molar-refractivity contribution in [3.05, 3.63) is 29.3 Å². The third kappa shape index (κ3) is 8.80. The molecule has 1 saturated heterocycles. The Labute approximate surface area is 217 Å². The number of hydrogen-bond donors (Lipinski definition) is 2. The van der Waals surface area contributed by atoms with E-state index in [0.717, 1.165) is 11.3 Å². The lowest BCUT2D eigenvalue weighted by molar-refractivity contribution is -0.156. The van der Waals surface area contributed by atoms with E-state index in [2.05, 4.69) is 10.6 Å². The van der Waals surface area contributed by atoms with Crippen molar-refractivity contribution >= 4 is 29.4 Å². The van der Waals surface area contributed by atoms with E-state index in [0.29, 0.717) is 64.7 Å². The number of amides is 3. The molecule has 0 spiro atoms. The van der Waals surface area contributed by atoms with Gasteiger partial charge in [-0.1, -0.05) is 6.07 Å². The van der Waals surface area contributed by atoms with Crippen molar-refractivity contribution in [3.63, 3.8) is 0 Å². The molecule has 0 radical (unpaired) electrons. The number of rotatable bonds is 14. The number of piperidine rings is 1. The van der Waals surface area contributed by atoms with Crippen molar-refractivity contribution in [1.29, 1.82) is 0 Å². The Hall–Kier alpha value is -3.02. The predicted octanol–water partition coefficient (Wildman–Crippen LogP) is 1.64. The molecule has 1 unspecified atom stereocenters. The molecule has 1 aromatic rings. The molecule has 204 valence electrons. The van der Waals surface area contributed by atoms with E-state index in [1.165, 1.54) is 4.90 Å². The van der Waals surface area contributed by atoms with Gasteiger partial charge >= 0.3 is 5.97 Å². The molecule has 1 fully saturated rings. The summed E-state index contributed by atoms with van der Waals surface area (Å²) in [4.78, 5) is 49.7. The van der Waals surface area contributed by atoms with Gasteiger partial charge in [0, 0.05) is 36.3 Å². The van der Waals surface area contributed by atoms with E-state index in [9.17, 15) is 19.2 Å². The van der Waals surface area contributed by atoms with Crippen LogP contribution in [0.1, 0.15) is 56.0 Å². The number of carbonyl (C=O) groups is 4. The van der Waals surface area contributed by atoms with Gasteiger partial charge in [-0.15, -0.1) is 0 Å². The second-order valence-electron chi connectivity index (χ2n) is 9.83. The zero-order chi connectivity index (χ0) is 26.8. The maximum Gasteiger partial charge on any atom is 0.308 e. The van der Waals surface area contributed by atoms with Crippen molar-refractivity contribution in [1.82, 2.24) is 10.2 Å². The first-order valence-corrected chi connectivity index (χ1v) is 12.6. The molecule has 0 aromatic heterocycles. The van der Waals surface area contributed by atoms with Crippen molar-refractivity contribution in [2.45, 2.75) is 58.2 Å². The summed E-state index contributed by atoms with van der Waals surface area (Å²) in [5.74, 6) is -1.21. The molecule has 11 heteroatoms. The fourth-order valence-electron chi connectivity index (χ4n) is 4.10. The van der Waals surface area contributed by atoms with E-state index < -0.39 is 17.6 Å². The van der Waals surface area contributed by atoms with Gasteiger partial charge in [-0.3, -0.25) is 24.5 Å². The molecule has 0 aliphatic carbocycles. The quantitative estimate of drug-likeness (QED) is 0.214. The van der Waals surface area contributed by atoms with Crippen LogP contribution in [0.3, 0.4) is 0 Å². The van der Waals surface area contributed by atoms with Crippen LogP contribution in [0.4, 0.5) is 5.69 Å². The molecule has 0 saturated carbocycles. The van der Waals surface area contributed by atoms with Gasteiger partial charge in [0.25, 0.3) is 5.91 Å². The van der Waals surface area contributed by atoms with Crippen LogP contribution < -0.4 is 10.6 Å². The zero-order valence-corrected chi connectivity index (χ0v) is 21.8. The van der Waals surface area contributed by atoms with Crippen LogP contribution in [-0.4, -0.2) is 86.4 Å². The third-order valence-corrected chi connectivity index (χ3v) is 5.76. The molecule has 2 N–H and O–H groups in total. The summed E-state index contributed by atoms with van der Waals surface area (Å²) >= 11 is 0. The zero-order valence-electron chi connectivity index (χ0n) is 21.8. The van der Waals surface area contributed by atoms with Crippen LogP contribution in [0.15, 0.2) is 18.2 Å². The summed E-state index contributed by atoms with van der Waals surface area (Å²) in [5, 5.41) is 5.61. The van der Waals surface area contributed by atoms with Gasteiger partial charge < -0.3 is 29.2 Å². The molecule has 2 heterocycles. The summed E-state index contributed by atoms with van der Waals surface area (Å²) < 4.78 is 21.6. The van der Waals surface area contributed by atoms with Crippen molar-refractivity contribution in [2.24, 2.45) is 0 Å². The first-order chi connectivity index (χ1) is 17.7. The van der Waals surface area contributed by atoms with Gasteiger partial charge in [0.05, 0.1) is 46.1 Å². The Kier molecular flexibility index (Phi) is 10.4. The van der Waals surface area contributed by atoms with Gasteiger partial charge in [-0.25, -0.2) is 0 Å². The predicted molar refractivity (Wildman–Crippen MR) is 134 cm³/mol. The van der Waals surface area contributed by atoms with Crippen LogP contribution in [0, 0.1) is 0 Å².